The molecule has 1 aromatic rings. The zero-order valence-corrected chi connectivity index (χ0v) is 14.3. The molecule has 2 heterocycles. The van der Waals surface area contributed by atoms with E-state index in [1.807, 2.05) is 6.92 Å². The predicted octanol–water partition coefficient (Wildman–Crippen LogP) is 0.755. The molecular weight excluding hydrogens is 332 g/mol. The molecule has 1 fully saturated rings. The highest BCUT2D eigenvalue weighted by Crippen LogP contribution is 2.31. The van der Waals surface area contributed by atoms with Gasteiger partial charge in [0.05, 0.1) is 0 Å². The molecule has 21 heavy (non-hydrogen) atoms. The van der Waals surface area contributed by atoms with Gasteiger partial charge in [0, 0.05) is 6.26 Å². The number of hydrogen-bond acceptors (Lipinski definition) is 8. The van der Waals surface area contributed by atoms with Crippen LogP contribution in [0.3, 0.4) is 0 Å². The number of thioether (sulfide) groups is 1. The Morgan fingerprint density at radius 1 is 1.43 bits per heavy atom. The van der Waals surface area contributed by atoms with Gasteiger partial charge in [-0.3, -0.25) is 10.1 Å². The number of aromatic nitrogens is 2. The van der Waals surface area contributed by atoms with Crippen LogP contribution in [0.15, 0.2) is 4.34 Å². The lowest BCUT2D eigenvalue weighted by atomic mass is 9.96. The molecule has 0 saturated carbocycles. The summed E-state index contributed by atoms with van der Waals surface area (Å²) in [6, 6.07) is 0. The van der Waals surface area contributed by atoms with Gasteiger partial charge in [0.25, 0.3) is 0 Å². The standard InChI is InChI=1S/C11H18N4O3S3/c1-3-19-10-15-14-9(20-10)13-8(16)11(21(2,17)18)4-6-12-7-5-11/h12H,3-7H2,1-2H3,(H,13,14,16). The summed E-state index contributed by atoms with van der Waals surface area (Å²) in [6.07, 6.45) is 1.66. The fraction of sp³-hybridized carbons (Fsp3) is 0.727. The van der Waals surface area contributed by atoms with Gasteiger partial charge in [-0.1, -0.05) is 30.0 Å². The van der Waals surface area contributed by atoms with Gasteiger partial charge in [0.15, 0.2) is 18.9 Å². The molecule has 2 N–H and O–H groups in total. The number of sulfone groups is 1. The summed E-state index contributed by atoms with van der Waals surface area (Å²) < 4.78 is 23.6. The van der Waals surface area contributed by atoms with Gasteiger partial charge in [-0.15, -0.1) is 10.2 Å². The first kappa shape index (κ1) is 16.7. The van der Waals surface area contributed by atoms with Crippen LogP contribution in [0.2, 0.25) is 0 Å². The van der Waals surface area contributed by atoms with Gasteiger partial charge in [-0.2, -0.15) is 0 Å². The Morgan fingerprint density at radius 3 is 2.67 bits per heavy atom. The van der Waals surface area contributed by atoms with Crippen LogP contribution in [0, 0.1) is 0 Å². The van der Waals surface area contributed by atoms with Crippen LogP contribution in [-0.4, -0.2) is 54.4 Å². The minimum absolute atomic E-state index is 0.271. The Balaban J connectivity index is 2.19. The van der Waals surface area contributed by atoms with Crippen molar-refractivity contribution in [1.82, 2.24) is 15.5 Å². The maximum Gasteiger partial charge on any atom is 0.247 e. The van der Waals surface area contributed by atoms with Gasteiger partial charge in [0.2, 0.25) is 11.0 Å². The quantitative estimate of drug-likeness (QED) is 0.597. The summed E-state index contributed by atoms with van der Waals surface area (Å²) >= 11 is 2.79. The molecule has 1 aromatic heterocycles. The molecule has 1 saturated heterocycles. The molecule has 0 spiro atoms. The fourth-order valence-corrected chi connectivity index (χ4v) is 5.23. The Bertz CT molecular complexity index is 608. The number of nitrogens with one attached hydrogen (secondary N) is 2. The van der Waals surface area contributed by atoms with Crippen molar-refractivity contribution >= 4 is 44.0 Å². The van der Waals surface area contributed by atoms with E-state index in [9.17, 15) is 13.2 Å². The Labute approximate surface area is 132 Å². The number of hydrogen-bond donors (Lipinski definition) is 2. The first-order chi connectivity index (χ1) is 9.89. The molecule has 118 valence electrons. The summed E-state index contributed by atoms with van der Waals surface area (Å²) in [5, 5.41) is 13.9. The van der Waals surface area contributed by atoms with E-state index in [0.29, 0.717) is 18.2 Å². The summed E-state index contributed by atoms with van der Waals surface area (Å²) in [5.41, 5.74) is 0. The minimum Gasteiger partial charge on any atom is -0.317 e. The highest BCUT2D eigenvalue weighted by molar-refractivity contribution is 8.01. The van der Waals surface area contributed by atoms with Gasteiger partial charge in [-0.25, -0.2) is 8.42 Å². The molecule has 0 radical (unpaired) electrons. The van der Waals surface area contributed by atoms with Gasteiger partial charge in [-0.05, 0) is 31.7 Å². The van der Waals surface area contributed by atoms with Crippen molar-refractivity contribution in [3.63, 3.8) is 0 Å². The van der Waals surface area contributed by atoms with Crippen LogP contribution in [0.4, 0.5) is 5.13 Å². The predicted molar refractivity (Wildman–Crippen MR) is 84.6 cm³/mol. The van der Waals surface area contributed by atoms with Crippen molar-refractivity contribution in [3.05, 3.63) is 0 Å². The molecule has 0 unspecified atom stereocenters. The zero-order chi connectivity index (χ0) is 15.5. The summed E-state index contributed by atoms with van der Waals surface area (Å²) in [5.74, 6) is 0.359. The smallest absolute Gasteiger partial charge is 0.247 e. The van der Waals surface area contributed by atoms with Crippen LogP contribution in [0.1, 0.15) is 19.8 Å². The van der Waals surface area contributed by atoms with Crippen molar-refractivity contribution in [2.45, 2.75) is 28.9 Å². The van der Waals surface area contributed by atoms with Crippen molar-refractivity contribution in [1.29, 1.82) is 0 Å². The molecule has 0 aliphatic carbocycles. The molecule has 0 aromatic carbocycles. The topological polar surface area (TPSA) is 101 Å². The molecule has 10 heteroatoms. The van der Waals surface area contributed by atoms with E-state index in [-0.39, 0.29) is 12.8 Å². The maximum absolute atomic E-state index is 12.5. The number of carbonyl (C=O) groups is 1. The third kappa shape index (κ3) is 3.55. The van der Waals surface area contributed by atoms with Gasteiger partial charge in [0.1, 0.15) is 0 Å². The van der Waals surface area contributed by atoms with Crippen molar-refractivity contribution in [2.75, 3.05) is 30.4 Å². The Kier molecular flexibility index (Phi) is 5.23. The third-order valence-electron chi connectivity index (χ3n) is 3.43. The lowest BCUT2D eigenvalue weighted by Crippen LogP contribution is -2.55. The van der Waals surface area contributed by atoms with Crippen molar-refractivity contribution in [2.24, 2.45) is 0 Å². The number of piperidine rings is 1. The lowest BCUT2D eigenvalue weighted by molar-refractivity contribution is -0.119. The van der Waals surface area contributed by atoms with E-state index in [0.717, 1.165) is 16.3 Å². The summed E-state index contributed by atoms with van der Waals surface area (Å²) in [6.45, 7) is 3.01. The SMILES string of the molecule is CCSc1nnc(NC(=O)C2(S(C)(=O)=O)CCNCC2)s1. The van der Waals surface area contributed by atoms with E-state index in [4.69, 9.17) is 0 Å². The van der Waals surface area contributed by atoms with Crippen LogP contribution in [0.5, 0.6) is 0 Å². The van der Waals surface area contributed by atoms with Crippen LogP contribution < -0.4 is 10.6 Å². The van der Waals surface area contributed by atoms with Crippen LogP contribution in [-0.2, 0) is 14.6 Å². The second-order valence-electron chi connectivity index (χ2n) is 4.78. The van der Waals surface area contributed by atoms with Gasteiger partial charge < -0.3 is 5.32 Å². The number of amides is 1. The summed E-state index contributed by atoms with van der Waals surface area (Å²) in [7, 11) is -3.51. The van der Waals surface area contributed by atoms with Crippen molar-refractivity contribution in [3.8, 4) is 0 Å². The molecule has 1 aliphatic heterocycles. The largest absolute Gasteiger partial charge is 0.317 e. The molecule has 7 nitrogen and oxygen atoms in total. The minimum atomic E-state index is -3.51. The number of carbonyl (C=O) groups excluding carboxylic acids is 1. The molecular formula is C11H18N4O3S3. The average molecular weight is 350 g/mol. The highest BCUT2D eigenvalue weighted by Gasteiger charge is 2.48. The van der Waals surface area contributed by atoms with Crippen LogP contribution >= 0.6 is 23.1 Å². The van der Waals surface area contributed by atoms with Crippen molar-refractivity contribution < 1.29 is 13.2 Å². The highest BCUT2D eigenvalue weighted by atomic mass is 32.2. The second kappa shape index (κ2) is 6.59. The number of anilines is 1. The first-order valence-corrected chi connectivity index (χ1v) is 10.3. The Morgan fingerprint density at radius 2 is 2.10 bits per heavy atom. The van der Waals surface area contributed by atoms with E-state index >= 15 is 0 Å². The number of rotatable bonds is 5. The van der Waals surface area contributed by atoms with E-state index in [2.05, 4.69) is 20.8 Å². The van der Waals surface area contributed by atoms with E-state index < -0.39 is 20.5 Å². The van der Waals surface area contributed by atoms with E-state index in [1.54, 1.807) is 0 Å². The second-order valence-corrected chi connectivity index (χ2v) is 9.59. The molecule has 0 bridgehead atoms. The fourth-order valence-electron chi connectivity index (χ4n) is 2.25. The van der Waals surface area contributed by atoms with E-state index in [1.165, 1.54) is 23.1 Å². The molecule has 0 atom stereocenters. The normalized spacial score (nSPS) is 18.4. The Hall–Kier alpha value is -0.710. The monoisotopic (exact) mass is 350 g/mol. The van der Waals surface area contributed by atoms with Crippen LogP contribution in [0.25, 0.3) is 0 Å². The molecule has 1 amide bonds. The molecule has 2 rings (SSSR count). The first-order valence-electron chi connectivity index (χ1n) is 6.57. The average Bonchev–Trinajstić information content (AvgIpc) is 2.86. The third-order valence-corrected chi connectivity index (χ3v) is 7.30. The van der Waals surface area contributed by atoms with Gasteiger partial charge >= 0.3 is 0 Å². The lowest BCUT2D eigenvalue weighted by Gasteiger charge is -2.33. The zero-order valence-electron chi connectivity index (χ0n) is 11.9. The molecule has 1 aliphatic rings. The number of nitrogens with zero attached hydrogens (tertiary/aromatic N) is 2. The summed E-state index contributed by atoms with van der Waals surface area (Å²) in [4.78, 5) is 12.5. The maximum atomic E-state index is 12.5.